The number of halogens is 2. The third-order valence-corrected chi connectivity index (χ3v) is 5.84. The van der Waals surface area contributed by atoms with Crippen LogP contribution in [0.3, 0.4) is 0 Å². The summed E-state index contributed by atoms with van der Waals surface area (Å²) in [7, 11) is 1.71. The van der Waals surface area contributed by atoms with Crippen molar-refractivity contribution in [1.29, 1.82) is 0 Å². The zero-order chi connectivity index (χ0) is 22.0. The van der Waals surface area contributed by atoms with Gasteiger partial charge in [-0.1, -0.05) is 24.3 Å². The van der Waals surface area contributed by atoms with E-state index in [0.29, 0.717) is 22.8 Å². The molecule has 0 N–H and O–H groups in total. The number of benzene rings is 2. The molecule has 0 aliphatic rings. The topological polar surface area (TPSA) is 68.8 Å². The Hall–Kier alpha value is -3.27. The van der Waals surface area contributed by atoms with Crippen molar-refractivity contribution in [1.82, 2.24) is 29.2 Å². The zero-order valence-corrected chi connectivity index (χ0v) is 17.7. The van der Waals surface area contributed by atoms with Crippen LogP contribution in [0, 0.1) is 0 Å². The third kappa shape index (κ3) is 4.43. The Labute approximate surface area is 181 Å². The van der Waals surface area contributed by atoms with E-state index < -0.39 is 5.76 Å². The van der Waals surface area contributed by atoms with Crippen LogP contribution >= 0.6 is 11.8 Å². The summed E-state index contributed by atoms with van der Waals surface area (Å²) >= 11 is 0.344. The number of imidazole rings is 1. The fourth-order valence-corrected chi connectivity index (χ4v) is 3.91. The molecule has 0 fully saturated rings. The lowest BCUT2D eigenvalue weighted by Crippen LogP contribution is -2.32. The summed E-state index contributed by atoms with van der Waals surface area (Å²) in [5.41, 5.74) is 3.04. The number of carbonyl (C=O) groups excluding carboxylic acids is 1. The molecule has 1 atom stereocenters. The van der Waals surface area contributed by atoms with Crippen LogP contribution in [0.5, 0.6) is 0 Å². The maximum absolute atomic E-state index is 13.0. The number of fused-ring (bicyclic) bond motifs is 1. The number of nitrogens with zero attached hydrogens (tertiary/aromatic N) is 6. The van der Waals surface area contributed by atoms with Crippen molar-refractivity contribution in [3.8, 4) is 5.69 Å². The summed E-state index contributed by atoms with van der Waals surface area (Å²) in [5.74, 6) is -2.82. The van der Waals surface area contributed by atoms with Crippen molar-refractivity contribution < 1.29 is 13.6 Å². The summed E-state index contributed by atoms with van der Waals surface area (Å²) < 4.78 is 29.2. The van der Waals surface area contributed by atoms with Gasteiger partial charge in [-0.15, -0.1) is 0 Å². The molecule has 31 heavy (non-hydrogen) atoms. The normalized spacial score (nSPS) is 12.4. The number of thioether (sulfide) groups is 1. The molecular formula is C21H20F2N6OS. The van der Waals surface area contributed by atoms with E-state index in [4.69, 9.17) is 0 Å². The number of amides is 1. The highest BCUT2D eigenvalue weighted by Crippen LogP contribution is 2.29. The quantitative estimate of drug-likeness (QED) is 0.402. The Bertz CT molecular complexity index is 1180. The molecule has 2 heterocycles. The van der Waals surface area contributed by atoms with Crippen LogP contribution < -0.4 is 0 Å². The van der Waals surface area contributed by atoms with Gasteiger partial charge in [-0.3, -0.25) is 4.79 Å². The number of aromatic nitrogens is 5. The van der Waals surface area contributed by atoms with Gasteiger partial charge in [0.2, 0.25) is 5.91 Å². The fraction of sp³-hybridized carbons (Fsp3) is 0.238. The molecule has 0 aliphatic carbocycles. The number of rotatable bonds is 7. The second kappa shape index (κ2) is 8.84. The second-order valence-corrected chi connectivity index (χ2v) is 7.92. The van der Waals surface area contributed by atoms with Gasteiger partial charge in [0.1, 0.15) is 19.2 Å². The van der Waals surface area contributed by atoms with Crippen molar-refractivity contribution in [2.24, 2.45) is 0 Å². The summed E-state index contributed by atoms with van der Waals surface area (Å²) in [5, 5.41) is 4.22. The van der Waals surface area contributed by atoms with E-state index in [0.717, 1.165) is 11.3 Å². The number of alkyl halides is 2. The minimum Gasteiger partial charge on any atom is -0.337 e. The SMILES string of the molecule is C[C@@H](c1ccc(-n2cncn2)cc1)N(C)C(=O)Cn1c(SC(F)F)nc2ccccc21. The average Bonchev–Trinajstić information content (AvgIpc) is 3.41. The van der Waals surface area contributed by atoms with Crippen molar-refractivity contribution in [2.75, 3.05) is 7.05 Å². The maximum atomic E-state index is 13.0. The van der Waals surface area contributed by atoms with Crippen LogP contribution in [0.15, 0.2) is 66.3 Å². The van der Waals surface area contributed by atoms with Crippen LogP contribution in [0.1, 0.15) is 18.5 Å². The summed E-state index contributed by atoms with van der Waals surface area (Å²) in [6.45, 7) is 1.84. The maximum Gasteiger partial charge on any atom is 0.291 e. The molecule has 0 saturated heterocycles. The second-order valence-electron chi connectivity index (χ2n) is 6.96. The Kier molecular flexibility index (Phi) is 5.99. The molecular weight excluding hydrogens is 422 g/mol. The first-order valence-corrected chi connectivity index (χ1v) is 10.4. The van der Waals surface area contributed by atoms with Crippen molar-refractivity contribution in [3.05, 3.63) is 66.7 Å². The van der Waals surface area contributed by atoms with Crippen molar-refractivity contribution in [3.63, 3.8) is 0 Å². The molecule has 0 radical (unpaired) electrons. The Morgan fingerprint density at radius 3 is 2.58 bits per heavy atom. The summed E-state index contributed by atoms with van der Waals surface area (Å²) in [4.78, 5) is 22.8. The first-order valence-electron chi connectivity index (χ1n) is 9.54. The highest BCUT2D eigenvalue weighted by Gasteiger charge is 2.22. The number of hydrogen-bond donors (Lipinski definition) is 0. The van der Waals surface area contributed by atoms with E-state index in [2.05, 4.69) is 15.1 Å². The summed E-state index contributed by atoms with van der Waals surface area (Å²) in [6.07, 6.45) is 3.07. The van der Waals surface area contributed by atoms with Crippen LogP contribution in [0.2, 0.25) is 0 Å². The van der Waals surface area contributed by atoms with Crippen LogP contribution in [-0.2, 0) is 11.3 Å². The lowest BCUT2D eigenvalue weighted by atomic mass is 10.1. The summed E-state index contributed by atoms with van der Waals surface area (Å²) in [6, 6.07) is 14.6. The molecule has 2 aromatic carbocycles. The van der Waals surface area contributed by atoms with Crippen molar-refractivity contribution >= 4 is 28.7 Å². The Morgan fingerprint density at radius 1 is 1.16 bits per heavy atom. The standard InChI is InChI=1S/C21H20F2N6OS/c1-14(15-7-9-16(10-8-15)29-13-24-12-25-29)27(2)19(30)11-28-18-6-4-3-5-17(18)26-21(28)31-20(22)23/h3-10,12-14,20H,11H2,1-2H3/t14-/m0/s1. The molecule has 4 rings (SSSR count). The van der Waals surface area contributed by atoms with Gasteiger partial charge in [0, 0.05) is 7.05 Å². The van der Waals surface area contributed by atoms with Gasteiger partial charge in [-0.25, -0.2) is 14.6 Å². The van der Waals surface area contributed by atoms with Gasteiger partial charge in [-0.2, -0.15) is 13.9 Å². The molecule has 1 amide bonds. The van der Waals surface area contributed by atoms with Gasteiger partial charge in [0.15, 0.2) is 5.16 Å². The van der Waals surface area contributed by atoms with E-state index in [-0.39, 0.29) is 23.7 Å². The van der Waals surface area contributed by atoms with E-state index >= 15 is 0 Å². The number of carbonyl (C=O) groups is 1. The number of para-hydroxylation sites is 2. The van der Waals surface area contributed by atoms with E-state index in [1.807, 2.05) is 31.2 Å². The molecule has 0 bridgehead atoms. The molecule has 0 saturated carbocycles. The fourth-order valence-electron chi connectivity index (χ4n) is 3.31. The van der Waals surface area contributed by atoms with Gasteiger partial charge < -0.3 is 9.47 Å². The lowest BCUT2D eigenvalue weighted by Gasteiger charge is -2.26. The highest BCUT2D eigenvalue weighted by atomic mass is 32.2. The van der Waals surface area contributed by atoms with E-state index in [9.17, 15) is 13.6 Å². The largest absolute Gasteiger partial charge is 0.337 e. The molecule has 10 heteroatoms. The molecule has 0 aliphatic heterocycles. The molecule has 0 spiro atoms. The smallest absolute Gasteiger partial charge is 0.291 e. The van der Waals surface area contributed by atoms with Crippen LogP contribution in [-0.4, -0.2) is 47.9 Å². The van der Waals surface area contributed by atoms with E-state index in [1.165, 1.54) is 6.33 Å². The Morgan fingerprint density at radius 2 is 1.90 bits per heavy atom. The predicted octanol–water partition coefficient (Wildman–Crippen LogP) is 4.15. The third-order valence-electron chi connectivity index (χ3n) is 5.14. The van der Waals surface area contributed by atoms with E-state index in [1.54, 1.807) is 51.8 Å². The minimum absolute atomic E-state index is 0.0759. The minimum atomic E-state index is -2.62. The van der Waals surface area contributed by atoms with Gasteiger partial charge in [-0.05, 0) is 48.5 Å². The molecule has 0 unspecified atom stereocenters. The number of likely N-dealkylation sites (N-methyl/N-ethyl adjacent to an activating group) is 1. The molecule has 4 aromatic rings. The van der Waals surface area contributed by atoms with Gasteiger partial charge in [0.05, 0.1) is 22.8 Å². The molecule has 2 aromatic heterocycles. The first kappa shape index (κ1) is 21.0. The van der Waals surface area contributed by atoms with Gasteiger partial charge >= 0.3 is 0 Å². The zero-order valence-electron chi connectivity index (χ0n) is 16.9. The van der Waals surface area contributed by atoms with Crippen LogP contribution in [0.25, 0.3) is 16.7 Å². The lowest BCUT2D eigenvalue weighted by molar-refractivity contribution is -0.132. The predicted molar refractivity (Wildman–Crippen MR) is 114 cm³/mol. The Balaban J connectivity index is 1.53. The number of hydrogen-bond acceptors (Lipinski definition) is 5. The molecule has 160 valence electrons. The van der Waals surface area contributed by atoms with Crippen LogP contribution in [0.4, 0.5) is 8.78 Å². The average molecular weight is 442 g/mol. The van der Waals surface area contributed by atoms with Gasteiger partial charge in [0.25, 0.3) is 5.76 Å². The van der Waals surface area contributed by atoms with Crippen molar-refractivity contribution in [2.45, 2.75) is 30.4 Å². The monoisotopic (exact) mass is 442 g/mol. The first-order chi connectivity index (χ1) is 14.9. The molecule has 7 nitrogen and oxygen atoms in total. The highest BCUT2D eigenvalue weighted by molar-refractivity contribution is 7.99.